The third-order valence-corrected chi connectivity index (χ3v) is 3.37. The Morgan fingerprint density at radius 1 is 1.53 bits per heavy atom. The van der Waals surface area contributed by atoms with E-state index in [0.717, 1.165) is 31.5 Å². The van der Waals surface area contributed by atoms with E-state index in [0.29, 0.717) is 0 Å². The van der Waals surface area contributed by atoms with Gasteiger partial charge in [0.2, 0.25) is 5.91 Å². The number of hydrogen-bond acceptors (Lipinski definition) is 2. The zero-order valence-electron chi connectivity index (χ0n) is 10.5. The molecule has 0 bridgehead atoms. The summed E-state index contributed by atoms with van der Waals surface area (Å²) in [6.07, 6.45) is 3.06. The van der Waals surface area contributed by atoms with Gasteiger partial charge in [0, 0.05) is 5.69 Å². The van der Waals surface area contributed by atoms with Crippen molar-refractivity contribution >= 4 is 11.6 Å². The Bertz CT molecular complexity index is 409. The van der Waals surface area contributed by atoms with Gasteiger partial charge in [-0.05, 0) is 56.0 Å². The number of benzene rings is 1. The van der Waals surface area contributed by atoms with Crippen LogP contribution >= 0.6 is 0 Å². The molecule has 3 heteroatoms. The highest BCUT2D eigenvalue weighted by molar-refractivity contribution is 5.95. The van der Waals surface area contributed by atoms with Crippen LogP contribution in [0.2, 0.25) is 0 Å². The lowest BCUT2D eigenvalue weighted by atomic mass is 10.1. The van der Waals surface area contributed by atoms with Gasteiger partial charge in [0.15, 0.2) is 0 Å². The molecule has 0 saturated carbocycles. The standard InChI is InChI=1S/C14H20N2O/c1-3-11-6-7-12(9-10(11)2)16-14(17)13-5-4-8-15-13/h6-7,9,13,15H,3-5,8H2,1-2H3,(H,16,17). The van der Waals surface area contributed by atoms with Crippen molar-refractivity contribution in [2.75, 3.05) is 11.9 Å². The maximum atomic E-state index is 11.9. The summed E-state index contributed by atoms with van der Waals surface area (Å²) >= 11 is 0. The van der Waals surface area contributed by atoms with Crippen molar-refractivity contribution in [3.8, 4) is 0 Å². The van der Waals surface area contributed by atoms with Gasteiger partial charge in [-0.1, -0.05) is 13.0 Å². The van der Waals surface area contributed by atoms with Crippen LogP contribution in [-0.2, 0) is 11.2 Å². The summed E-state index contributed by atoms with van der Waals surface area (Å²) in [5, 5.41) is 6.18. The number of carbonyl (C=O) groups is 1. The number of nitrogens with one attached hydrogen (secondary N) is 2. The van der Waals surface area contributed by atoms with Gasteiger partial charge in [0.05, 0.1) is 6.04 Å². The zero-order valence-corrected chi connectivity index (χ0v) is 10.5. The third-order valence-electron chi connectivity index (χ3n) is 3.37. The summed E-state index contributed by atoms with van der Waals surface area (Å²) in [6.45, 7) is 5.18. The molecule has 3 nitrogen and oxygen atoms in total. The van der Waals surface area contributed by atoms with Crippen LogP contribution in [0.5, 0.6) is 0 Å². The minimum Gasteiger partial charge on any atom is -0.325 e. The molecule has 1 aliphatic rings. The smallest absolute Gasteiger partial charge is 0.241 e. The average molecular weight is 232 g/mol. The van der Waals surface area contributed by atoms with Crippen molar-refractivity contribution in [3.05, 3.63) is 29.3 Å². The Labute approximate surface area is 103 Å². The predicted molar refractivity (Wildman–Crippen MR) is 70.2 cm³/mol. The lowest BCUT2D eigenvalue weighted by molar-refractivity contribution is -0.117. The van der Waals surface area contributed by atoms with Crippen molar-refractivity contribution in [1.29, 1.82) is 0 Å². The number of amides is 1. The zero-order chi connectivity index (χ0) is 12.3. The average Bonchev–Trinajstić information content (AvgIpc) is 2.82. The van der Waals surface area contributed by atoms with E-state index in [9.17, 15) is 4.79 Å². The molecule has 2 N–H and O–H groups in total. The quantitative estimate of drug-likeness (QED) is 0.839. The Morgan fingerprint density at radius 2 is 2.35 bits per heavy atom. The molecular weight excluding hydrogens is 212 g/mol. The molecule has 1 saturated heterocycles. The number of rotatable bonds is 3. The molecule has 1 aromatic rings. The fourth-order valence-corrected chi connectivity index (χ4v) is 2.31. The van der Waals surface area contributed by atoms with E-state index in [-0.39, 0.29) is 11.9 Å². The second-order valence-electron chi connectivity index (χ2n) is 4.63. The molecule has 1 amide bonds. The maximum Gasteiger partial charge on any atom is 0.241 e. The second kappa shape index (κ2) is 5.32. The van der Waals surface area contributed by atoms with Crippen molar-refractivity contribution in [2.24, 2.45) is 0 Å². The predicted octanol–water partition coefficient (Wildman–Crippen LogP) is 2.25. The first-order chi connectivity index (χ1) is 8.20. The highest BCUT2D eigenvalue weighted by Crippen LogP contribution is 2.16. The Balaban J connectivity index is 2.03. The van der Waals surface area contributed by atoms with Crippen LogP contribution in [0.4, 0.5) is 5.69 Å². The molecule has 1 heterocycles. The first-order valence-corrected chi connectivity index (χ1v) is 6.34. The van der Waals surface area contributed by atoms with Gasteiger partial charge < -0.3 is 10.6 Å². The number of carbonyl (C=O) groups excluding carboxylic acids is 1. The van der Waals surface area contributed by atoms with Gasteiger partial charge in [-0.3, -0.25) is 4.79 Å². The summed E-state index contributed by atoms with van der Waals surface area (Å²) in [7, 11) is 0. The molecule has 0 aromatic heterocycles. The largest absolute Gasteiger partial charge is 0.325 e. The normalized spacial score (nSPS) is 19.3. The lowest BCUT2D eigenvalue weighted by Gasteiger charge is -2.12. The second-order valence-corrected chi connectivity index (χ2v) is 4.63. The molecule has 1 unspecified atom stereocenters. The molecular formula is C14H20N2O. The molecule has 0 aliphatic carbocycles. The Morgan fingerprint density at radius 3 is 2.94 bits per heavy atom. The van der Waals surface area contributed by atoms with E-state index in [4.69, 9.17) is 0 Å². The van der Waals surface area contributed by atoms with Crippen molar-refractivity contribution < 1.29 is 4.79 Å². The summed E-state index contributed by atoms with van der Waals surface area (Å²) in [5.74, 6) is 0.0890. The van der Waals surface area contributed by atoms with E-state index < -0.39 is 0 Å². The fraction of sp³-hybridized carbons (Fsp3) is 0.500. The fourth-order valence-electron chi connectivity index (χ4n) is 2.31. The molecule has 92 valence electrons. The maximum absolute atomic E-state index is 11.9. The summed E-state index contributed by atoms with van der Waals surface area (Å²) in [4.78, 5) is 11.9. The highest BCUT2D eigenvalue weighted by atomic mass is 16.2. The topological polar surface area (TPSA) is 41.1 Å². The van der Waals surface area contributed by atoms with Crippen molar-refractivity contribution in [1.82, 2.24) is 5.32 Å². The first kappa shape index (κ1) is 12.1. The van der Waals surface area contributed by atoms with Gasteiger partial charge in [-0.15, -0.1) is 0 Å². The summed E-state index contributed by atoms with van der Waals surface area (Å²) in [5.41, 5.74) is 3.48. The highest BCUT2D eigenvalue weighted by Gasteiger charge is 2.21. The van der Waals surface area contributed by atoms with E-state index in [1.54, 1.807) is 0 Å². The van der Waals surface area contributed by atoms with Gasteiger partial charge >= 0.3 is 0 Å². The Kier molecular flexibility index (Phi) is 3.79. The molecule has 1 aliphatic heterocycles. The van der Waals surface area contributed by atoms with E-state index >= 15 is 0 Å². The van der Waals surface area contributed by atoms with Crippen molar-refractivity contribution in [2.45, 2.75) is 39.2 Å². The number of hydrogen-bond donors (Lipinski definition) is 2. The molecule has 2 rings (SSSR count). The molecule has 1 atom stereocenters. The summed E-state index contributed by atoms with van der Waals surface area (Å²) in [6, 6.07) is 6.11. The van der Waals surface area contributed by atoms with Gasteiger partial charge in [-0.25, -0.2) is 0 Å². The van der Waals surface area contributed by atoms with Crippen LogP contribution in [0.3, 0.4) is 0 Å². The van der Waals surface area contributed by atoms with Crippen molar-refractivity contribution in [3.63, 3.8) is 0 Å². The molecule has 0 radical (unpaired) electrons. The molecule has 17 heavy (non-hydrogen) atoms. The van der Waals surface area contributed by atoms with Crippen LogP contribution in [-0.4, -0.2) is 18.5 Å². The SMILES string of the molecule is CCc1ccc(NC(=O)C2CCCN2)cc1C. The van der Waals surface area contributed by atoms with Crippen LogP contribution in [0, 0.1) is 6.92 Å². The monoisotopic (exact) mass is 232 g/mol. The van der Waals surface area contributed by atoms with Crippen LogP contribution in [0.25, 0.3) is 0 Å². The molecule has 1 aromatic carbocycles. The lowest BCUT2D eigenvalue weighted by Crippen LogP contribution is -2.35. The minimum atomic E-state index is -0.0128. The van der Waals surface area contributed by atoms with Gasteiger partial charge in [0.1, 0.15) is 0 Å². The number of anilines is 1. The van der Waals surface area contributed by atoms with Crippen LogP contribution in [0.1, 0.15) is 30.9 Å². The molecule has 0 spiro atoms. The van der Waals surface area contributed by atoms with E-state index in [1.807, 2.05) is 12.1 Å². The van der Waals surface area contributed by atoms with Gasteiger partial charge in [-0.2, -0.15) is 0 Å². The van der Waals surface area contributed by atoms with Crippen LogP contribution < -0.4 is 10.6 Å². The van der Waals surface area contributed by atoms with E-state index in [2.05, 4.69) is 30.5 Å². The summed E-state index contributed by atoms with van der Waals surface area (Å²) < 4.78 is 0. The molecule has 1 fully saturated rings. The number of aryl methyl sites for hydroxylation is 2. The third kappa shape index (κ3) is 2.86. The van der Waals surface area contributed by atoms with Crippen LogP contribution in [0.15, 0.2) is 18.2 Å². The Hall–Kier alpha value is -1.35. The minimum absolute atomic E-state index is 0.0128. The first-order valence-electron chi connectivity index (χ1n) is 6.34. The van der Waals surface area contributed by atoms with E-state index in [1.165, 1.54) is 11.1 Å². The van der Waals surface area contributed by atoms with Gasteiger partial charge in [0.25, 0.3) is 0 Å².